The number of H-pyrrole nitrogens is 1. The van der Waals surface area contributed by atoms with Crippen LogP contribution in [0.2, 0.25) is 0 Å². The van der Waals surface area contributed by atoms with Crippen LogP contribution in [0.15, 0.2) is 47.9 Å². The highest BCUT2D eigenvalue weighted by atomic mass is 32.2. The number of halogens is 1. The van der Waals surface area contributed by atoms with Gasteiger partial charge >= 0.3 is 0 Å². The summed E-state index contributed by atoms with van der Waals surface area (Å²) < 4.78 is 42.1. The number of aryl methyl sites for hydroxylation is 1. The molecule has 3 heterocycles. The number of aromatic amines is 1. The van der Waals surface area contributed by atoms with Crippen molar-refractivity contribution in [3.63, 3.8) is 0 Å². The minimum absolute atomic E-state index is 0.0390. The van der Waals surface area contributed by atoms with Crippen molar-refractivity contribution in [3.05, 3.63) is 60.1 Å². The van der Waals surface area contributed by atoms with Gasteiger partial charge in [-0.3, -0.25) is 9.89 Å². The van der Waals surface area contributed by atoms with Crippen LogP contribution in [0.5, 0.6) is 0 Å². The highest BCUT2D eigenvalue weighted by Gasteiger charge is 2.32. The second-order valence-electron chi connectivity index (χ2n) is 7.20. The summed E-state index contributed by atoms with van der Waals surface area (Å²) in [7, 11) is -1.90. The van der Waals surface area contributed by atoms with Gasteiger partial charge in [0, 0.05) is 37.9 Å². The Morgan fingerprint density at radius 3 is 2.67 bits per heavy atom. The van der Waals surface area contributed by atoms with Gasteiger partial charge in [-0.15, -0.1) is 0 Å². The number of nitrogens with one attached hydrogen (secondary N) is 2. The van der Waals surface area contributed by atoms with Crippen molar-refractivity contribution in [2.24, 2.45) is 7.05 Å². The fourth-order valence-electron chi connectivity index (χ4n) is 3.47. The third kappa shape index (κ3) is 3.98. The Balaban J connectivity index is 1.39. The van der Waals surface area contributed by atoms with Gasteiger partial charge in [-0.25, -0.2) is 17.8 Å². The van der Waals surface area contributed by atoms with E-state index in [2.05, 4.69) is 20.5 Å². The molecule has 158 valence electrons. The fraction of sp³-hybridized carbons (Fsp3) is 0.316. The molecule has 1 saturated heterocycles. The number of benzene rings is 1. The Bertz CT molecular complexity index is 1160. The summed E-state index contributed by atoms with van der Waals surface area (Å²) in [4.78, 5) is 16.3. The summed E-state index contributed by atoms with van der Waals surface area (Å²) in [5, 5.41) is 9.42. The van der Waals surface area contributed by atoms with Gasteiger partial charge in [-0.1, -0.05) is 12.1 Å². The molecule has 2 aromatic heterocycles. The molecular formula is C19H21FN6O3S. The van der Waals surface area contributed by atoms with Gasteiger partial charge in [0.1, 0.15) is 5.82 Å². The zero-order valence-electron chi connectivity index (χ0n) is 16.2. The molecule has 9 nitrogen and oxygen atoms in total. The molecule has 30 heavy (non-hydrogen) atoms. The minimum Gasteiger partial charge on any atom is -0.339 e. The Morgan fingerprint density at radius 1 is 1.27 bits per heavy atom. The Hall–Kier alpha value is -3.05. The van der Waals surface area contributed by atoms with E-state index in [1.54, 1.807) is 23.7 Å². The smallest absolute Gasteiger partial charge is 0.276 e. The number of rotatable bonds is 5. The van der Waals surface area contributed by atoms with Gasteiger partial charge in [0.2, 0.25) is 0 Å². The maximum absolute atomic E-state index is 13.7. The summed E-state index contributed by atoms with van der Waals surface area (Å²) in [5.41, 5.74) is 0.987. The van der Waals surface area contributed by atoms with Crippen LogP contribution in [0.4, 0.5) is 10.1 Å². The average molecular weight is 432 g/mol. The molecule has 0 spiro atoms. The van der Waals surface area contributed by atoms with Gasteiger partial charge < -0.3 is 9.88 Å². The fourth-order valence-corrected chi connectivity index (χ4v) is 4.91. The van der Waals surface area contributed by atoms with E-state index < -0.39 is 21.7 Å². The number of hydrogen-bond donors (Lipinski definition) is 2. The molecule has 0 saturated carbocycles. The van der Waals surface area contributed by atoms with Crippen LogP contribution in [0.25, 0.3) is 0 Å². The molecule has 1 fully saturated rings. The van der Waals surface area contributed by atoms with E-state index in [-0.39, 0.29) is 22.3 Å². The van der Waals surface area contributed by atoms with Crippen LogP contribution < -0.4 is 5.32 Å². The molecule has 1 aliphatic rings. The molecule has 1 aromatic carbocycles. The first kappa shape index (κ1) is 20.2. The van der Waals surface area contributed by atoms with Crippen molar-refractivity contribution in [1.29, 1.82) is 0 Å². The van der Waals surface area contributed by atoms with Crippen LogP contribution >= 0.6 is 0 Å². The Kier molecular flexibility index (Phi) is 5.39. The quantitative estimate of drug-likeness (QED) is 0.641. The number of carbonyl (C=O) groups excluding carboxylic acids is 1. The third-order valence-electron chi connectivity index (χ3n) is 5.13. The molecule has 0 bridgehead atoms. The topological polar surface area (TPSA) is 113 Å². The van der Waals surface area contributed by atoms with Gasteiger partial charge in [0.25, 0.3) is 15.9 Å². The van der Waals surface area contributed by atoms with Crippen molar-refractivity contribution in [1.82, 2.24) is 24.1 Å². The largest absolute Gasteiger partial charge is 0.339 e. The molecule has 11 heteroatoms. The molecule has 0 radical (unpaired) electrons. The lowest BCUT2D eigenvalue weighted by atomic mass is 9.94. The van der Waals surface area contributed by atoms with Crippen molar-refractivity contribution < 1.29 is 17.6 Å². The van der Waals surface area contributed by atoms with Crippen LogP contribution in [-0.2, 0) is 17.1 Å². The summed E-state index contributed by atoms with van der Waals surface area (Å²) in [6.45, 7) is 0.693. The second-order valence-corrected chi connectivity index (χ2v) is 9.08. The standard InChI is InChI=1S/C19H21FN6O3S/c1-25-11-18(21-12-25)30(28,29)26-8-6-13(7-9-26)16-10-17(24-23-16)19(27)22-15-5-3-2-4-14(15)20/h2-5,10-13H,6-9H2,1H3,(H,22,27)(H,23,24). The highest BCUT2D eigenvalue weighted by molar-refractivity contribution is 7.89. The van der Waals surface area contributed by atoms with E-state index in [0.717, 1.165) is 5.69 Å². The number of para-hydroxylation sites is 1. The van der Waals surface area contributed by atoms with Gasteiger partial charge in [-0.05, 0) is 31.0 Å². The molecule has 0 aliphatic carbocycles. The number of aromatic nitrogens is 4. The van der Waals surface area contributed by atoms with E-state index in [1.807, 2.05) is 0 Å². The zero-order chi connectivity index (χ0) is 21.3. The molecule has 0 unspecified atom stereocenters. The zero-order valence-corrected chi connectivity index (χ0v) is 17.1. The minimum atomic E-state index is -3.62. The van der Waals surface area contributed by atoms with Crippen LogP contribution in [0, 0.1) is 5.82 Å². The number of piperidine rings is 1. The molecule has 0 atom stereocenters. The molecule has 1 amide bonds. The summed E-state index contributed by atoms with van der Waals surface area (Å²) in [6, 6.07) is 7.53. The molecular weight excluding hydrogens is 411 g/mol. The molecule has 1 aliphatic heterocycles. The lowest BCUT2D eigenvalue weighted by Crippen LogP contribution is -2.38. The maximum atomic E-state index is 13.7. The van der Waals surface area contributed by atoms with Crippen LogP contribution in [0.1, 0.15) is 34.9 Å². The third-order valence-corrected chi connectivity index (χ3v) is 6.92. The van der Waals surface area contributed by atoms with Crippen LogP contribution in [-0.4, -0.2) is 51.5 Å². The molecule has 3 aromatic rings. The van der Waals surface area contributed by atoms with Crippen molar-refractivity contribution in [2.45, 2.75) is 23.8 Å². The average Bonchev–Trinajstić information content (AvgIpc) is 3.40. The van der Waals surface area contributed by atoms with Crippen molar-refractivity contribution in [2.75, 3.05) is 18.4 Å². The predicted molar refractivity (Wildman–Crippen MR) is 107 cm³/mol. The SMILES string of the molecule is Cn1cnc(S(=O)(=O)N2CCC(c3cc(C(=O)Nc4ccccc4F)n[nH]3)CC2)c1. The highest BCUT2D eigenvalue weighted by Crippen LogP contribution is 2.29. The number of carbonyl (C=O) groups is 1. The number of anilines is 1. The Labute approximate surface area is 173 Å². The molecule has 4 rings (SSSR count). The lowest BCUT2D eigenvalue weighted by molar-refractivity contribution is 0.102. The van der Waals surface area contributed by atoms with E-state index in [1.165, 1.54) is 35.0 Å². The summed E-state index contributed by atoms with van der Waals surface area (Å²) >= 11 is 0. The Morgan fingerprint density at radius 2 is 2.00 bits per heavy atom. The number of amides is 1. The van der Waals surface area contributed by atoms with E-state index in [0.29, 0.717) is 25.9 Å². The normalized spacial score (nSPS) is 15.9. The first-order chi connectivity index (χ1) is 14.3. The number of hydrogen-bond acceptors (Lipinski definition) is 5. The van der Waals surface area contributed by atoms with E-state index in [4.69, 9.17) is 0 Å². The van der Waals surface area contributed by atoms with Crippen LogP contribution in [0.3, 0.4) is 0 Å². The number of sulfonamides is 1. The van der Waals surface area contributed by atoms with E-state index >= 15 is 0 Å². The maximum Gasteiger partial charge on any atom is 0.276 e. The second kappa shape index (κ2) is 8.00. The summed E-state index contributed by atoms with van der Waals surface area (Å²) in [6.07, 6.45) is 4.11. The van der Waals surface area contributed by atoms with Gasteiger partial charge in [-0.2, -0.15) is 9.40 Å². The first-order valence-electron chi connectivity index (χ1n) is 9.44. The van der Waals surface area contributed by atoms with Gasteiger partial charge in [0.15, 0.2) is 10.7 Å². The van der Waals surface area contributed by atoms with E-state index in [9.17, 15) is 17.6 Å². The molecule has 2 N–H and O–H groups in total. The summed E-state index contributed by atoms with van der Waals surface area (Å²) in [5.74, 6) is -0.997. The van der Waals surface area contributed by atoms with Gasteiger partial charge in [0.05, 0.1) is 12.0 Å². The number of imidazole rings is 1. The van der Waals surface area contributed by atoms with Crippen molar-refractivity contribution in [3.8, 4) is 0 Å². The predicted octanol–water partition coefficient (Wildman–Crippen LogP) is 2.10. The lowest BCUT2D eigenvalue weighted by Gasteiger charge is -2.29. The van der Waals surface area contributed by atoms with Crippen molar-refractivity contribution >= 4 is 21.6 Å². The first-order valence-corrected chi connectivity index (χ1v) is 10.9. The monoisotopic (exact) mass is 432 g/mol. The number of nitrogens with zero attached hydrogens (tertiary/aromatic N) is 4.